The van der Waals surface area contributed by atoms with Crippen LogP contribution in [-0.2, 0) is 26.2 Å². The van der Waals surface area contributed by atoms with E-state index < -0.39 is 34.4 Å². The summed E-state index contributed by atoms with van der Waals surface area (Å²) in [7, 11) is 0.185. The number of carbonyl (C=O) groups is 2. The molecule has 0 aliphatic carbocycles. The number of rotatable bonds is 11. The summed E-state index contributed by atoms with van der Waals surface area (Å²) in [6.07, 6.45) is 0. The highest BCUT2D eigenvalue weighted by Crippen LogP contribution is 2.34. The van der Waals surface area contributed by atoms with Crippen molar-refractivity contribution in [2.45, 2.75) is 24.4 Å². The maximum absolute atomic E-state index is 13.8. The first-order valence-electron chi connectivity index (χ1n) is 11.7. The Morgan fingerprint density at radius 3 is 2.16 bits per heavy atom. The number of methoxy groups -OCH3 is 2. The van der Waals surface area contributed by atoms with Crippen LogP contribution in [0, 0.1) is 0 Å². The summed E-state index contributed by atoms with van der Waals surface area (Å²) in [5, 5.41) is 3.07. The second-order valence-corrected chi connectivity index (χ2v) is 10.6. The maximum Gasteiger partial charge on any atom is 0.264 e. The Morgan fingerprint density at radius 2 is 1.58 bits per heavy atom. The van der Waals surface area contributed by atoms with Gasteiger partial charge < -0.3 is 19.7 Å². The Balaban J connectivity index is 2.07. The van der Waals surface area contributed by atoms with Gasteiger partial charge in [-0.1, -0.05) is 41.9 Å². The maximum atomic E-state index is 13.8. The Kier molecular flexibility index (Phi) is 9.60. The summed E-state index contributed by atoms with van der Waals surface area (Å²) in [5.41, 5.74) is 0.918. The van der Waals surface area contributed by atoms with Crippen molar-refractivity contribution in [3.63, 3.8) is 0 Å². The zero-order chi connectivity index (χ0) is 27.9. The highest BCUT2D eigenvalue weighted by Gasteiger charge is 2.32. The SMILES string of the molecule is CNC(=O)[C@@H](C)N(Cc1ccc(Cl)cc1)C(=O)CN(c1ccc(OC)c(OC)c1)S(=O)(=O)c1ccccc1. The summed E-state index contributed by atoms with van der Waals surface area (Å²) < 4.78 is 39.2. The second-order valence-electron chi connectivity index (χ2n) is 8.30. The normalized spacial score (nSPS) is 11.8. The number of likely N-dealkylation sites (N-methyl/N-ethyl adjacent to an activating group) is 1. The van der Waals surface area contributed by atoms with Crippen LogP contribution in [0.3, 0.4) is 0 Å². The Bertz CT molecular complexity index is 1370. The van der Waals surface area contributed by atoms with Gasteiger partial charge in [-0.05, 0) is 48.9 Å². The minimum Gasteiger partial charge on any atom is -0.493 e. The van der Waals surface area contributed by atoms with Crippen LogP contribution >= 0.6 is 11.6 Å². The number of amides is 2. The highest BCUT2D eigenvalue weighted by atomic mass is 35.5. The fourth-order valence-electron chi connectivity index (χ4n) is 3.81. The predicted molar refractivity (Wildman–Crippen MR) is 146 cm³/mol. The summed E-state index contributed by atoms with van der Waals surface area (Å²) in [5.74, 6) is -0.277. The van der Waals surface area contributed by atoms with Gasteiger partial charge in [0.25, 0.3) is 10.0 Å². The largest absolute Gasteiger partial charge is 0.493 e. The van der Waals surface area contributed by atoms with Gasteiger partial charge in [0.2, 0.25) is 11.8 Å². The monoisotopic (exact) mass is 559 g/mol. The molecule has 38 heavy (non-hydrogen) atoms. The minimum atomic E-state index is -4.19. The lowest BCUT2D eigenvalue weighted by atomic mass is 10.1. The van der Waals surface area contributed by atoms with E-state index in [0.717, 1.165) is 9.87 Å². The third-order valence-electron chi connectivity index (χ3n) is 5.95. The van der Waals surface area contributed by atoms with Crippen molar-refractivity contribution < 1.29 is 27.5 Å². The molecule has 0 heterocycles. The Hall–Kier alpha value is -3.76. The van der Waals surface area contributed by atoms with Gasteiger partial charge in [-0.2, -0.15) is 0 Å². The quantitative estimate of drug-likeness (QED) is 0.384. The lowest BCUT2D eigenvalue weighted by Gasteiger charge is -2.32. The molecule has 9 nitrogen and oxygen atoms in total. The second kappa shape index (κ2) is 12.7. The van der Waals surface area contributed by atoms with Gasteiger partial charge in [0.1, 0.15) is 12.6 Å². The van der Waals surface area contributed by atoms with Gasteiger partial charge in [0, 0.05) is 24.7 Å². The molecule has 0 aromatic heterocycles. The molecule has 1 atom stereocenters. The van der Waals surface area contributed by atoms with E-state index in [9.17, 15) is 18.0 Å². The average molecular weight is 560 g/mol. The smallest absolute Gasteiger partial charge is 0.264 e. The first kappa shape index (κ1) is 28.8. The molecule has 3 aromatic rings. The van der Waals surface area contributed by atoms with Gasteiger partial charge in [-0.3, -0.25) is 13.9 Å². The molecular weight excluding hydrogens is 530 g/mol. The summed E-state index contributed by atoms with van der Waals surface area (Å²) in [4.78, 5) is 27.7. The number of carbonyl (C=O) groups excluding carboxylic acids is 2. The lowest BCUT2D eigenvalue weighted by Crippen LogP contribution is -2.50. The molecule has 0 saturated carbocycles. The molecule has 0 aliphatic heterocycles. The number of benzene rings is 3. The fraction of sp³-hybridized carbons (Fsp3) is 0.259. The van der Waals surface area contributed by atoms with E-state index in [1.807, 2.05) is 0 Å². The molecule has 11 heteroatoms. The molecule has 3 rings (SSSR count). The number of nitrogens with zero attached hydrogens (tertiary/aromatic N) is 2. The van der Waals surface area contributed by atoms with Crippen LogP contribution in [0.5, 0.6) is 11.5 Å². The van der Waals surface area contributed by atoms with Crippen LogP contribution in [0.4, 0.5) is 5.69 Å². The topological polar surface area (TPSA) is 105 Å². The number of anilines is 1. The minimum absolute atomic E-state index is 0.00573. The molecule has 202 valence electrons. The lowest BCUT2D eigenvalue weighted by molar-refractivity contribution is -0.139. The van der Waals surface area contributed by atoms with Crippen molar-refractivity contribution in [1.82, 2.24) is 10.2 Å². The van der Waals surface area contributed by atoms with Gasteiger partial charge in [-0.15, -0.1) is 0 Å². The van der Waals surface area contributed by atoms with Crippen molar-refractivity contribution >= 4 is 39.1 Å². The molecule has 1 N–H and O–H groups in total. The van der Waals surface area contributed by atoms with E-state index in [1.165, 1.54) is 50.4 Å². The Labute approximate surface area is 228 Å². The molecule has 0 aliphatic rings. The summed E-state index contributed by atoms with van der Waals surface area (Å²) >= 11 is 6.00. The highest BCUT2D eigenvalue weighted by molar-refractivity contribution is 7.92. The molecule has 0 bridgehead atoms. The van der Waals surface area contributed by atoms with E-state index in [0.29, 0.717) is 16.5 Å². The number of sulfonamides is 1. The van der Waals surface area contributed by atoms with Crippen molar-refractivity contribution in [2.24, 2.45) is 0 Å². The number of hydrogen-bond acceptors (Lipinski definition) is 6. The predicted octanol–water partition coefficient (Wildman–Crippen LogP) is 3.72. The first-order chi connectivity index (χ1) is 18.1. The van der Waals surface area contributed by atoms with Crippen molar-refractivity contribution in [1.29, 1.82) is 0 Å². The van der Waals surface area contributed by atoms with E-state index >= 15 is 0 Å². The Morgan fingerprint density at radius 1 is 0.947 bits per heavy atom. The molecule has 0 radical (unpaired) electrons. The fourth-order valence-corrected chi connectivity index (χ4v) is 5.36. The number of nitrogens with one attached hydrogen (secondary N) is 1. The number of ether oxygens (including phenoxy) is 2. The van der Waals surface area contributed by atoms with Crippen LogP contribution in [0.1, 0.15) is 12.5 Å². The average Bonchev–Trinajstić information content (AvgIpc) is 2.94. The number of hydrogen-bond donors (Lipinski definition) is 1. The van der Waals surface area contributed by atoms with Crippen LogP contribution in [0.2, 0.25) is 5.02 Å². The van der Waals surface area contributed by atoms with Crippen LogP contribution < -0.4 is 19.1 Å². The third-order valence-corrected chi connectivity index (χ3v) is 7.99. The molecule has 0 spiro atoms. The molecule has 0 unspecified atom stereocenters. The van der Waals surface area contributed by atoms with Crippen LogP contribution in [0.25, 0.3) is 0 Å². The van der Waals surface area contributed by atoms with Gasteiger partial charge in [0.15, 0.2) is 11.5 Å². The van der Waals surface area contributed by atoms with E-state index in [2.05, 4.69) is 5.32 Å². The third kappa shape index (κ3) is 6.56. The van der Waals surface area contributed by atoms with Crippen molar-refractivity contribution in [3.05, 3.63) is 83.4 Å². The van der Waals surface area contributed by atoms with Gasteiger partial charge >= 0.3 is 0 Å². The molecular formula is C27H30ClN3O6S. The van der Waals surface area contributed by atoms with Gasteiger partial charge in [-0.25, -0.2) is 8.42 Å². The zero-order valence-electron chi connectivity index (χ0n) is 21.5. The van der Waals surface area contributed by atoms with E-state index in [-0.39, 0.29) is 17.1 Å². The first-order valence-corrected chi connectivity index (χ1v) is 13.5. The van der Waals surface area contributed by atoms with Crippen LogP contribution in [-0.4, -0.2) is 59.0 Å². The molecule has 2 amide bonds. The molecule has 0 fully saturated rings. The van der Waals surface area contributed by atoms with Crippen LogP contribution in [0.15, 0.2) is 77.7 Å². The van der Waals surface area contributed by atoms with Crippen molar-refractivity contribution in [3.8, 4) is 11.5 Å². The van der Waals surface area contributed by atoms with E-state index in [4.69, 9.17) is 21.1 Å². The van der Waals surface area contributed by atoms with E-state index in [1.54, 1.807) is 55.5 Å². The van der Waals surface area contributed by atoms with Crippen molar-refractivity contribution in [2.75, 3.05) is 32.1 Å². The molecule has 3 aromatic carbocycles. The van der Waals surface area contributed by atoms with Gasteiger partial charge in [0.05, 0.1) is 24.8 Å². The molecule has 0 saturated heterocycles. The zero-order valence-corrected chi connectivity index (χ0v) is 23.1. The summed E-state index contributed by atoms with van der Waals surface area (Å²) in [6.45, 7) is 1.08. The number of halogens is 1. The standard InChI is InChI=1S/C27H30ClN3O6S/c1-19(27(33)29-2)30(17-20-10-12-21(28)13-11-20)26(32)18-31(38(34,35)23-8-6-5-7-9-23)22-14-15-24(36-3)25(16-22)37-4/h5-16,19H,17-18H2,1-4H3,(H,29,33)/t19-/m1/s1. The summed E-state index contributed by atoms with van der Waals surface area (Å²) in [6, 6.07) is 18.3.